The van der Waals surface area contributed by atoms with E-state index in [1.165, 1.54) is 0 Å². The van der Waals surface area contributed by atoms with E-state index in [-0.39, 0.29) is 11.0 Å². The fourth-order valence-corrected chi connectivity index (χ4v) is 1.43. The van der Waals surface area contributed by atoms with Crippen molar-refractivity contribution in [3.63, 3.8) is 0 Å². The maximum atomic E-state index is 9.92. The summed E-state index contributed by atoms with van der Waals surface area (Å²) in [6, 6.07) is 2.19. The average Bonchev–Trinajstić information content (AvgIpc) is 2.53. The van der Waals surface area contributed by atoms with Crippen LogP contribution in [0, 0.1) is 16.7 Å². The first kappa shape index (κ1) is 4.80. The van der Waals surface area contributed by atoms with E-state index >= 15 is 0 Å². The molecule has 0 bridgehead atoms. The molecule has 0 aliphatic heterocycles. The van der Waals surface area contributed by atoms with Crippen LogP contribution in [0.1, 0.15) is 12.8 Å². The second-order valence-corrected chi connectivity index (χ2v) is 2.89. The molecule has 2 saturated carbocycles. The Labute approximate surface area is 52.7 Å². The Morgan fingerprint density at radius 2 is 2.33 bits per heavy atom. The fourth-order valence-electron chi connectivity index (χ4n) is 1.43. The molecule has 2 fully saturated rings. The Kier molecular flexibility index (Phi) is 0.518. The zero-order chi connectivity index (χ0) is 6.54. The van der Waals surface area contributed by atoms with Gasteiger partial charge in [0.25, 0.3) is 0 Å². The zero-order valence-corrected chi connectivity index (χ0v) is 4.85. The Morgan fingerprint density at radius 1 is 1.67 bits per heavy atom. The second kappa shape index (κ2) is 0.971. The van der Waals surface area contributed by atoms with Crippen LogP contribution in [0.25, 0.3) is 0 Å². The van der Waals surface area contributed by atoms with Gasteiger partial charge in [-0.2, -0.15) is 5.26 Å². The lowest BCUT2D eigenvalue weighted by molar-refractivity contribution is -0.110. The van der Waals surface area contributed by atoms with Crippen LogP contribution in [0.2, 0.25) is 0 Å². The van der Waals surface area contributed by atoms with Crippen molar-refractivity contribution in [3.05, 3.63) is 0 Å². The molecule has 0 unspecified atom stereocenters. The van der Waals surface area contributed by atoms with Gasteiger partial charge in [-0.25, -0.2) is 0 Å². The molecule has 2 aliphatic rings. The summed E-state index contributed by atoms with van der Waals surface area (Å²) in [5.74, 6) is 0. The molecule has 1 amide bonds. The highest BCUT2D eigenvalue weighted by molar-refractivity contribution is 5.58. The van der Waals surface area contributed by atoms with Crippen LogP contribution < -0.4 is 5.32 Å². The average molecular weight is 122 g/mol. The molecule has 3 heteroatoms. The normalized spacial score (nSPS) is 50.6. The van der Waals surface area contributed by atoms with Gasteiger partial charge in [0.2, 0.25) is 6.41 Å². The maximum Gasteiger partial charge on any atom is 0.207 e. The van der Waals surface area contributed by atoms with Crippen molar-refractivity contribution in [1.29, 1.82) is 5.26 Å². The smallest absolute Gasteiger partial charge is 0.207 e. The highest BCUT2D eigenvalue weighted by atomic mass is 16.1. The highest BCUT2D eigenvalue weighted by Crippen LogP contribution is 2.77. The summed E-state index contributed by atoms with van der Waals surface area (Å²) in [5.41, 5.74) is -0.197. The number of nitrogens with zero attached hydrogens (tertiary/aromatic N) is 1. The van der Waals surface area contributed by atoms with Gasteiger partial charge in [0, 0.05) is 0 Å². The molecule has 3 nitrogen and oxygen atoms in total. The lowest BCUT2D eigenvalue weighted by Crippen LogP contribution is -2.20. The van der Waals surface area contributed by atoms with Gasteiger partial charge in [0.15, 0.2) is 0 Å². The summed E-state index contributed by atoms with van der Waals surface area (Å²) >= 11 is 0. The number of nitrogens with one attached hydrogen (secondary N) is 1. The molecule has 0 aromatic carbocycles. The standard InChI is InChI=1S/C6H6N2O/c7-3-5-1-6(5,2-5)8-4-9/h4H,1-2H2,(H,8,9). The van der Waals surface area contributed by atoms with Crippen LogP contribution in [0.3, 0.4) is 0 Å². The number of hydrogen-bond donors (Lipinski definition) is 1. The molecule has 0 aromatic heterocycles. The lowest BCUT2D eigenvalue weighted by atomic mass is 10.2. The van der Waals surface area contributed by atoms with Gasteiger partial charge in [0.1, 0.15) is 0 Å². The predicted octanol–water partition coefficient (Wildman–Crippen LogP) is -0.211. The third-order valence-corrected chi connectivity index (χ3v) is 2.42. The highest BCUT2D eigenvalue weighted by Gasteiger charge is 2.85. The lowest BCUT2D eigenvalue weighted by Gasteiger charge is -1.94. The van der Waals surface area contributed by atoms with Gasteiger partial charge < -0.3 is 5.32 Å². The molecule has 0 saturated heterocycles. The summed E-state index contributed by atoms with van der Waals surface area (Å²) in [4.78, 5) is 9.92. The van der Waals surface area contributed by atoms with Gasteiger partial charge in [-0.3, -0.25) is 4.79 Å². The number of amides is 1. The van der Waals surface area contributed by atoms with Gasteiger partial charge in [0.05, 0.1) is 17.0 Å². The van der Waals surface area contributed by atoms with Crippen molar-refractivity contribution < 1.29 is 4.79 Å². The first-order valence-corrected chi connectivity index (χ1v) is 2.91. The molecular weight excluding hydrogens is 116 g/mol. The molecular formula is C6H6N2O. The van der Waals surface area contributed by atoms with Crippen LogP contribution in [-0.4, -0.2) is 11.9 Å². The molecule has 0 atom stereocenters. The minimum atomic E-state index is -0.131. The molecule has 9 heavy (non-hydrogen) atoms. The molecule has 2 aliphatic carbocycles. The van der Waals surface area contributed by atoms with Gasteiger partial charge in [-0.15, -0.1) is 0 Å². The Bertz CT molecular complexity index is 210. The Morgan fingerprint density at radius 3 is 2.67 bits per heavy atom. The largest absolute Gasteiger partial charge is 0.352 e. The van der Waals surface area contributed by atoms with Crippen molar-refractivity contribution >= 4 is 6.41 Å². The minimum absolute atomic E-state index is 0.0660. The fraction of sp³-hybridized carbons (Fsp3) is 0.667. The molecule has 0 aromatic rings. The monoisotopic (exact) mass is 122 g/mol. The third kappa shape index (κ3) is 0.325. The quantitative estimate of drug-likeness (QED) is 0.515. The number of carbonyl (C=O) groups excluding carboxylic acids is 1. The summed E-state index contributed by atoms with van der Waals surface area (Å²) in [7, 11) is 0. The first-order valence-electron chi connectivity index (χ1n) is 2.91. The van der Waals surface area contributed by atoms with E-state index in [9.17, 15) is 4.79 Å². The van der Waals surface area contributed by atoms with Crippen molar-refractivity contribution in [1.82, 2.24) is 5.32 Å². The van der Waals surface area contributed by atoms with Crippen LogP contribution in [-0.2, 0) is 4.79 Å². The summed E-state index contributed by atoms with van der Waals surface area (Å²) in [6.45, 7) is 0. The van der Waals surface area contributed by atoms with E-state index in [1.54, 1.807) is 0 Å². The van der Waals surface area contributed by atoms with Crippen molar-refractivity contribution in [2.45, 2.75) is 18.4 Å². The SMILES string of the molecule is N#CC12CC1(NC=O)C2. The van der Waals surface area contributed by atoms with Crippen molar-refractivity contribution in [3.8, 4) is 6.07 Å². The summed E-state index contributed by atoms with van der Waals surface area (Å²) in [6.07, 6.45) is 2.43. The zero-order valence-electron chi connectivity index (χ0n) is 4.85. The molecule has 0 spiro atoms. The molecule has 2 rings (SSSR count). The third-order valence-electron chi connectivity index (χ3n) is 2.42. The molecule has 1 N–H and O–H groups in total. The van der Waals surface area contributed by atoms with Gasteiger partial charge >= 0.3 is 0 Å². The topological polar surface area (TPSA) is 52.9 Å². The molecule has 0 heterocycles. The molecule has 0 radical (unpaired) electrons. The Balaban J connectivity index is 2.08. The second-order valence-electron chi connectivity index (χ2n) is 2.89. The van der Waals surface area contributed by atoms with E-state index in [2.05, 4.69) is 11.4 Å². The Hall–Kier alpha value is -1.04. The van der Waals surface area contributed by atoms with E-state index in [4.69, 9.17) is 5.26 Å². The number of fused-ring (bicyclic) bond motifs is 1. The predicted molar refractivity (Wildman–Crippen MR) is 29.2 cm³/mol. The van der Waals surface area contributed by atoms with E-state index in [1.807, 2.05) is 0 Å². The summed E-state index contributed by atoms with van der Waals surface area (Å²) < 4.78 is 0. The number of hydrogen-bond acceptors (Lipinski definition) is 2. The van der Waals surface area contributed by atoms with Gasteiger partial charge in [-0.1, -0.05) is 0 Å². The van der Waals surface area contributed by atoms with Crippen LogP contribution >= 0.6 is 0 Å². The van der Waals surface area contributed by atoms with Crippen molar-refractivity contribution in [2.75, 3.05) is 0 Å². The number of nitriles is 1. The van der Waals surface area contributed by atoms with E-state index < -0.39 is 0 Å². The van der Waals surface area contributed by atoms with Crippen LogP contribution in [0.5, 0.6) is 0 Å². The summed E-state index contributed by atoms with van der Waals surface area (Å²) in [5, 5.41) is 11.2. The first-order chi connectivity index (χ1) is 4.29. The van der Waals surface area contributed by atoms with E-state index in [0.29, 0.717) is 6.41 Å². The molecule has 46 valence electrons. The maximum absolute atomic E-state index is 9.92. The van der Waals surface area contributed by atoms with Crippen molar-refractivity contribution in [2.24, 2.45) is 5.41 Å². The number of carbonyl (C=O) groups is 1. The van der Waals surface area contributed by atoms with Crippen LogP contribution in [0.4, 0.5) is 0 Å². The number of rotatable bonds is 2. The minimum Gasteiger partial charge on any atom is -0.352 e. The van der Waals surface area contributed by atoms with E-state index in [0.717, 1.165) is 12.8 Å². The van der Waals surface area contributed by atoms with Crippen LogP contribution in [0.15, 0.2) is 0 Å². The van der Waals surface area contributed by atoms with Gasteiger partial charge in [-0.05, 0) is 12.8 Å².